The lowest BCUT2D eigenvalue weighted by atomic mass is 9.98. The molecule has 0 spiro atoms. The maximum absolute atomic E-state index is 13.2. The van der Waals surface area contributed by atoms with Gasteiger partial charge < -0.3 is 14.8 Å². The van der Waals surface area contributed by atoms with Crippen molar-refractivity contribution in [2.24, 2.45) is 5.92 Å². The van der Waals surface area contributed by atoms with Gasteiger partial charge in [0.25, 0.3) is 0 Å². The quantitative estimate of drug-likeness (QED) is 0.469. The topological polar surface area (TPSA) is 122 Å². The van der Waals surface area contributed by atoms with Crippen LogP contribution in [0.5, 0.6) is 5.75 Å². The summed E-state index contributed by atoms with van der Waals surface area (Å²) in [6.07, 6.45) is 2.27. The summed E-state index contributed by atoms with van der Waals surface area (Å²) in [7, 11) is -5.84. The van der Waals surface area contributed by atoms with Gasteiger partial charge in [0.2, 0.25) is 26.0 Å². The van der Waals surface area contributed by atoms with Gasteiger partial charge in [-0.05, 0) is 49.4 Å². The molecule has 0 aliphatic carbocycles. The third-order valence-corrected chi connectivity index (χ3v) is 10.7. The van der Waals surface area contributed by atoms with Crippen molar-refractivity contribution in [1.82, 2.24) is 8.61 Å². The molecule has 10 nitrogen and oxygen atoms in total. The highest BCUT2D eigenvalue weighted by Crippen LogP contribution is 2.31. The van der Waals surface area contributed by atoms with Crippen LogP contribution in [0.4, 0.5) is 5.69 Å². The number of amides is 1. The molecule has 0 aromatic heterocycles. The Hall–Kier alpha value is -2.51. The highest BCUT2D eigenvalue weighted by molar-refractivity contribution is 7.89. The summed E-state index contributed by atoms with van der Waals surface area (Å²) in [5.41, 5.74) is 1.32. The Labute approximate surface area is 225 Å². The van der Waals surface area contributed by atoms with Gasteiger partial charge in [0.1, 0.15) is 5.75 Å². The lowest BCUT2D eigenvalue weighted by molar-refractivity contribution is -0.120. The molecule has 2 saturated heterocycles. The third-order valence-electron chi connectivity index (χ3n) is 6.90. The van der Waals surface area contributed by atoms with E-state index in [1.807, 2.05) is 30.3 Å². The number of anilines is 1. The predicted octanol–water partition coefficient (Wildman–Crippen LogP) is 2.33. The smallest absolute Gasteiger partial charge is 0.243 e. The van der Waals surface area contributed by atoms with Crippen molar-refractivity contribution in [3.05, 3.63) is 54.1 Å². The maximum Gasteiger partial charge on any atom is 0.243 e. The average Bonchev–Trinajstić information content (AvgIpc) is 2.94. The van der Waals surface area contributed by atoms with E-state index >= 15 is 0 Å². The minimum Gasteiger partial charge on any atom is -0.495 e. The predicted molar refractivity (Wildman–Crippen MR) is 144 cm³/mol. The van der Waals surface area contributed by atoms with Crippen LogP contribution in [0.3, 0.4) is 0 Å². The minimum absolute atomic E-state index is 0.0193. The van der Waals surface area contributed by atoms with Crippen LogP contribution in [-0.2, 0) is 36.0 Å². The third kappa shape index (κ3) is 6.92. The molecule has 12 heteroatoms. The molecule has 1 atom stereocenters. The number of methoxy groups -OCH3 is 1. The van der Waals surface area contributed by atoms with Crippen LogP contribution < -0.4 is 10.1 Å². The van der Waals surface area contributed by atoms with E-state index in [-0.39, 0.29) is 41.9 Å². The zero-order chi connectivity index (χ0) is 27.2. The minimum atomic E-state index is -3.77. The zero-order valence-electron chi connectivity index (χ0n) is 21.5. The van der Waals surface area contributed by atoms with E-state index in [2.05, 4.69) is 5.32 Å². The molecule has 1 unspecified atom stereocenters. The van der Waals surface area contributed by atoms with Gasteiger partial charge in [-0.2, -0.15) is 4.31 Å². The van der Waals surface area contributed by atoms with Crippen LogP contribution in [0, 0.1) is 5.92 Å². The first-order valence-electron chi connectivity index (χ1n) is 12.8. The summed E-state index contributed by atoms with van der Waals surface area (Å²) < 4.78 is 65.6. The van der Waals surface area contributed by atoms with Crippen molar-refractivity contribution in [3.8, 4) is 5.75 Å². The fourth-order valence-electron chi connectivity index (χ4n) is 4.76. The number of ether oxygens (including phenoxy) is 2. The van der Waals surface area contributed by atoms with Crippen molar-refractivity contribution in [2.45, 2.75) is 30.6 Å². The molecule has 0 radical (unpaired) electrons. The van der Waals surface area contributed by atoms with Crippen LogP contribution in [0.15, 0.2) is 53.4 Å². The van der Waals surface area contributed by atoms with Gasteiger partial charge >= 0.3 is 0 Å². The standard InChI is InChI=1S/C26H35N3O7S2/c1-35-25-12-11-23(38(33,34)28-14-16-36-17-15-28)19-24(25)27-26(30)22-10-5-13-29(20-22)37(31,32)18-6-9-21-7-3-2-4-8-21/h2-4,7-8,11-12,19,22H,5-6,9-10,13-18,20H2,1H3,(H,27,30). The Bertz CT molecular complexity index is 1310. The van der Waals surface area contributed by atoms with Crippen LogP contribution >= 0.6 is 0 Å². The highest BCUT2D eigenvalue weighted by atomic mass is 32.2. The second-order valence-corrected chi connectivity index (χ2v) is 13.5. The summed E-state index contributed by atoms with van der Waals surface area (Å²) >= 11 is 0. The number of carbonyl (C=O) groups is 1. The lowest BCUT2D eigenvalue weighted by Crippen LogP contribution is -2.44. The van der Waals surface area contributed by atoms with Crippen molar-refractivity contribution >= 4 is 31.6 Å². The van der Waals surface area contributed by atoms with Gasteiger partial charge in [-0.3, -0.25) is 4.79 Å². The van der Waals surface area contributed by atoms with Crippen molar-refractivity contribution in [3.63, 3.8) is 0 Å². The number of hydrogen-bond acceptors (Lipinski definition) is 7. The first-order valence-corrected chi connectivity index (χ1v) is 15.8. The van der Waals surface area contributed by atoms with E-state index in [9.17, 15) is 21.6 Å². The first kappa shape index (κ1) is 28.5. The average molecular weight is 566 g/mol. The molecule has 1 amide bonds. The number of sulfonamides is 2. The second-order valence-electron chi connectivity index (χ2n) is 9.47. The number of hydrogen-bond donors (Lipinski definition) is 1. The number of nitrogens with zero attached hydrogens (tertiary/aromatic N) is 2. The monoisotopic (exact) mass is 565 g/mol. The summed E-state index contributed by atoms with van der Waals surface area (Å²) in [6, 6.07) is 14.1. The molecule has 0 bridgehead atoms. The summed E-state index contributed by atoms with van der Waals surface area (Å²) in [5, 5.41) is 2.79. The molecule has 208 valence electrons. The molecule has 2 aromatic rings. The van der Waals surface area contributed by atoms with Gasteiger partial charge in [-0.25, -0.2) is 21.1 Å². The number of aryl methyl sites for hydroxylation is 1. The van der Waals surface area contributed by atoms with Crippen molar-refractivity contribution in [2.75, 3.05) is 57.6 Å². The molecule has 2 heterocycles. The zero-order valence-corrected chi connectivity index (χ0v) is 23.2. The molecule has 1 N–H and O–H groups in total. The van der Waals surface area contributed by atoms with Gasteiger partial charge in [-0.1, -0.05) is 30.3 Å². The SMILES string of the molecule is COc1ccc(S(=O)(=O)N2CCOCC2)cc1NC(=O)C1CCCN(S(=O)(=O)CCCc2ccccc2)C1. The number of nitrogens with one attached hydrogen (secondary N) is 1. The molecule has 2 aliphatic rings. The Morgan fingerprint density at radius 3 is 2.47 bits per heavy atom. The molecule has 0 saturated carbocycles. The van der Waals surface area contributed by atoms with Gasteiger partial charge in [0.15, 0.2) is 0 Å². The van der Waals surface area contributed by atoms with Gasteiger partial charge in [0.05, 0.1) is 42.6 Å². The molecular weight excluding hydrogens is 530 g/mol. The van der Waals surface area contributed by atoms with Crippen molar-refractivity contribution < 1.29 is 31.1 Å². The molecule has 4 rings (SSSR count). The van der Waals surface area contributed by atoms with Crippen LogP contribution in [0.25, 0.3) is 0 Å². The normalized spacial score (nSPS) is 19.7. The summed E-state index contributed by atoms with van der Waals surface area (Å²) in [4.78, 5) is 13.2. The Balaban J connectivity index is 1.41. The Morgan fingerprint density at radius 2 is 1.76 bits per heavy atom. The first-order chi connectivity index (χ1) is 18.2. The van der Waals surface area contributed by atoms with E-state index in [4.69, 9.17) is 9.47 Å². The summed E-state index contributed by atoms with van der Waals surface area (Å²) in [6.45, 7) is 1.64. The molecule has 38 heavy (non-hydrogen) atoms. The van der Waals surface area contributed by atoms with E-state index in [1.54, 1.807) is 0 Å². The van der Waals surface area contributed by atoms with E-state index in [0.29, 0.717) is 51.2 Å². The largest absolute Gasteiger partial charge is 0.495 e. The summed E-state index contributed by atoms with van der Waals surface area (Å²) in [5.74, 6) is -0.586. The van der Waals surface area contributed by atoms with Crippen LogP contribution in [-0.4, -0.2) is 83.6 Å². The number of benzene rings is 2. The fraction of sp³-hybridized carbons (Fsp3) is 0.500. The van der Waals surface area contributed by atoms with Gasteiger partial charge in [-0.15, -0.1) is 0 Å². The lowest BCUT2D eigenvalue weighted by Gasteiger charge is -2.31. The van der Waals surface area contributed by atoms with Crippen molar-refractivity contribution in [1.29, 1.82) is 0 Å². The number of piperidine rings is 1. The van der Waals surface area contributed by atoms with Crippen LogP contribution in [0.2, 0.25) is 0 Å². The number of rotatable bonds is 10. The fourth-order valence-corrected chi connectivity index (χ4v) is 7.77. The number of carbonyl (C=O) groups excluding carboxylic acids is 1. The Kier molecular flexibility index (Phi) is 9.42. The second kappa shape index (κ2) is 12.6. The van der Waals surface area contributed by atoms with E-state index < -0.39 is 26.0 Å². The van der Waals surface area contributed by atoms with Gasteiger partial charge in [0, 0.05) is 26.2 Å². The molecule has 2 aliphatic heterocycles. The number of morpholine rings is 1. The highest BCUT2D eigenvalue weighted by Gasteiger charge is 2.33. The maximum atomic E-state index is 13.2. The molecule has 2 aromatic carbocycles. The Morgan fingerprint density at radius 1 is 1.03 bits per heavy atom. The molecule has 2 fully saturated rings. The molecular formula is C26H35N3O7S2. The van der Waals surface area contributed by atoms with E-state index in [1.165, 1.54) is 33.9 Å². The van der Waals surface area contributed by atoms with E-state index in [0.717, 1.165) is 5.56 Å². The van der Waals surface area contributed by atoms with Crippen LogP contribution in [0.1, 0.15) is 24.8 Å².